The first kappa shape index (κ1) is 19.4. The minimum absolute atomic E-state index is 0.212. The fraction of sp³-hybridized carbons (Fsp3) is 0.182. The molecule has 0 atom stereocenters. The van der Waals surface area contributed by atoms with E-state index in [0.717, 1.165) is 5.56 Å². The van der Waals surface area contributed by atoms with Crippen LogP contribution >= 0.6 is 0 Å². The van der Waals surface area contributed by atoms with Crippen LogP contribution in [0.5, 0.6) is 5.75 Å². The van der Waals surface area contributed by atoms with Crippen LogP contribution in [-0.4, -0.2) is 24.5 Å². The standard InChI is InChI=1S/C22H22FN3O2/c1-15-7-9-20(28-2)19(13-15)26-22(27)17-8-10-21(25-14-17)24-12-11-16-5-3-4-6-18(16)23/h3-10,13-14H,11-12H2,1-2H3,(H,24,25)(H,26,27). The van der Waals surface area contributed by atoms with Crippen molar-refractivity contribution in [1.29, 1.82) is 0 Å². The minimum Gasteiger partial charge on any atom is -0.495 e. The van der Waals surface area contributed by atoms with Gasteiger partial charge in [-0.2, -0.15) is 0 Å². The van der Waals surface area contributed by atoms with Crippen molar-refractivity contribution in [3.05, 3.63) is 83.3 Å². The Hall–Kier alpha value is -3.41. The molecular formula is C22H22FN3O2. The molecule has 1 amide bonds. The van der Waals surface area contributed by atoms with Crippen LogP contribution in [0.3, 0.4) is 0 Å². The van der Waals surface area contributed by atoms with Crippen LogP contribution in [0, 0.1) is 12.7 Å². The minimum atomic E-state index is -0.269. The van der Waals surface area contributed by atoms with E-state index in [2.05, 4.69) is 15.6 Å². The Morgan fingerprint density at radius 1 is 1.14 bits per heavy atom. The molecule has 0 bridgehead atoms. The number of hydrogen-bond donors (Lipinski definition) is 2. The topological polar surface area (TPSA) is 63.2 Å². The SMILES string of the molecule is COc1ccc(C)cc1NC(=O)c1ccc(NCCc2ccccc2F)nc1. The predicted molar refractivity (Wildman–Crippen MR) is 109 cm³/mol. The van der Waals surface area contributed by atoms with E-state index < -0.39 is 0 Å². The number of amides is 1. The summed E-state index contributed by atoms with van der Waals surface area (Å²) >= 11 is 0. The lowest BCUT2D eigenvalue weighted by Gasteiger charge is -2.11. The molecule has 28 heavy (non-hydrogen) atoms. The second-order valence-corrected chi connectivity index (χ2v) is 6.36. The number of hydrogen-bond acceptors (Lipinski definition) is 4. The van der Waals surface area contributed by atoms with Gasteiger partial charge in [0.1, 0.15) is 17.4 Å². The monoisotopic (exact) mass is 379 g/mol. The number of nitrogens with one attached hydrogen (secondary N) is 2. The van der Waals surface area contributed by atoms with E-state index in [1.54, 1.807) is 31.4 Å². The number of carbonyl (C=O) groups is 1. The molecule has 0 radical (unpaired) electrons. The third-order valence-corrected chi connectivity index (χ3v) is 4.29. The van der Waals surface area contributed by atoms with Crippen molar-refractivity contribution in [2.24, 2.45) is 0 Å². The molecule has 0 saturated heterocycles. The van der Waals surface area contributed by atoms with Crippen LogP contribution in [0.25, 0.3) is 0 Å². The first-order chi connectivity index (χ1) is 13.6. The molecule has 3 aromatic rings. The molecule has 144 valence electrons. The third kappa shape index (κ3) is 4.85. The zero-order chi connectivity index (χ0) is 19.9. The fourth-order valence-electron chi connectivity index (χ4n) is 2.77. The van der Waals surface area contributed by atoms with Crippen LogP contribution in [0.2, 0.25) is 0 Å². The van der Waals surface area contributed by atoms with Crippen molar-refractivity contribution in [3.63, 3.8) is 0 Å². The van der Waals surface area contributed by atoms with E-state index in [-0.39, 0.29) is 11.7 Å². The number of methoxy groups -OCH3 is 1. The molecule has 0 saturated carbocycles. The van der Waals surface area contributed by atoms with Gasteiger partial charge in [0.05, 0.1) is 18.4 Å². The maximum atomic E-state index is 13.6. The first-order valence-corrected chi connectivity index (χ1v) is 8.96. The Morgan fingerprint density at radius 3 is 2.68 bits per heavy atom. The summed E-state index contributed by atoms with van der Waals surface area (Å²) in [6, 6.07) is 15.7. The largest absolute Gasteiger partial charge is 0.495 e. The fourth-order valence-corrected chi connectivity index (χ4v) is 2.77. The summed E-state index contributed by atoms with van der Waals surface area (Å²) in [7, 11) is 1.56. The quantitative estimate of drug-likeness (QED) is 0.637. The van der Waals surface area contributed by atoms with Gasteiger partial charge in [0.2, 0.25) is 0 Å². The van der Waals surface area contributed by atoms with Crippen LogP contribution in [-0.2, 0) is 6.42 Å². The van der Waals surface area contributed by atoms with E-state index in [1.165, 1.54) is 12.3 Å². The smallest absolute Gasteiger partial charge is 0.257 e. The zero-order valence-electron chi connectivity index (χ0n) is 15.8. The molecule has 2 aromatic carbocycles. The van der Waals surface area contributed by atoms with Crippen molar-refractivity contribution in [1.82, 2.24) is 4.98 Å². The van der Waals surface area contributed by atoms with Gasteiger partial charge in [-0.15, -0.1) is 0 Å². The molecule has 1 aromatic heterocycles. The van der Waals surface area contributed by atoms with Gasteiger partial charge in [0.15, 0.2) is 0 Å². The van der Waals surface area contributed by atoms with Crippen LogP contribution < -0.4 is 15.4 Å². The number of pyridine rings is 1. The van der Waals surface area contributed by atoms with Gasteiger partial charge in [0.25, 0.3) is 5.91 Å². The van der Waals surface area contributed by atoms with Crippen LogP contribution in [0.15, 0.2) is 60.8 Å². The molecule has 1 heterocycles. The summed E-state index contributed by atoms with van der Waals surface area (Å²) in [4.78, 5) is 16.7. The number of carbonyl (C=O) groups excluding carboxylic acids is 1. The lowest BCUT2D eigenvalue weighted by molar-refractivity contribution is 0.102. The van der Waals surface area contributed by atoms with Gasteiger partial charge in [-0.1, -0.05) is 24.3 Å². The number of nitrogens with zero attached hydrogens (tertiary/aromatic N) is 1. The van der Waals surface area contributed by atoms with E-state index in [0.29, 0.717) is 41.3 Å². The van der Waals surface area contributed by atoms with Gasteiger partial charge in [0, 0.05) is 12.7 Å². The highest BCUT2D eigenvalue weighted by molar-refractivity contribution is 6.05. The predicted octanol–water partition coefficient (Wildman–Crippen LogP) is 4.44. The summed E-state index contributed by atoms with van der Waals surface area (Å²) in [5.74, 6) is 0.740. The second kappa shape index (κ2) is 8.99. The molecular weight excluding hydrogens is 357 g/mol. The molecule has 0 fully saturated rings. The molecule has 5 nitrogen and oxygen atoms in total. The van der Waals surface area contributed by atoms with Crippen molar-refractivity contribution in [2.75, 3.05) is 24.3 Å². The van der Waals surface area contributed by atoms with Gasteiger partial charge in [-0.05, 0) is 54.8 Å². The normalized spacial score (nSPS) is 10.4. The summed E-state index contributed by atoms with van der Waals surface area (Å²) in [5.41, 5.74) is 2.71. The third-order valence-electron chi connectivity index (χ3n) is 4.29. The lowest BCUT2D eigenvalue weighted by Crippen LogP contribution is -2.14. The Balaban J connectivity index is 1.58. The first-order valence-electron chi connectivity index (χ1n) is 8.96. The molecule has 3 rings (SSSR count). The highest BCUT2D eigenvalue weighted by Gasteiger charge is 2.10. The average molecular weight is 379 g/mol. The number of benzene rings is 2. The molecule has 2 N–H and O–H groups in total. The van der Waals surface area contributed by atoms with Crippen molar-refractivity contribution < 1.29 is 13.9 Å². The van der Waals surface area contributed by atoms with Crippen LogP contribution in [0.4, 0.5) is 15.9 Å². The average Bonchev–Trinajstić information content (AvgIpc) is 2.70. The number of rotatable bonds is 7. The summed E-state index contributed by atoms with van der Waals surface area (Å²) in [6.45, 7) is 2.48. The van der Waals surface area contributed by atoms with Crippen molar-refractivity contribution >= 4 is 17.4 Å². The number of ether oxygens (including phenoxy) is 1. The van der Waals surface area contributed by atoms with Gasteiger partial charge in [-0.3, -0.25) is 4.79 Å². The van der Waals surface area contributed by atoms with Crippen molar-refractivity contribution in [3.8, 4) is 5.75 Å². The molecule has 0 unspecified atom stereocenters. The lowest BCUT2D eigenvalue weighted by atomic mass is 10.1. The second-order valence-electron chi connectivity index (χ2n) is 6.36. The maximum absolute atomic E-state index is 13.6. The van der Waals surface area contributed by atoms with Crippen LogP contribution in [0.1, 0.15) is 21.5 Å². The molecule has 6 heteroatoms. The Labute approximate surface area is 163 Å². The number of aromatic nitrogens is 1. The van der Waals surface area contributed by atoms with Gasteiger partial charge < -0.3 is 15.4 Å². The highest BCUT2D eigenvalue weighted by atomic mass is 19.1. The molecule has 0 aliphatic heterocycles. The summed E-state index contributed by atoms with van der Waals surface area (Å²) in [6.07, 6.45) is 2.05. The molecule has 0 spiro atoms. The van der Waals surface area contributed by atoms with Gasteiger partial charge in [-0.25, -0.2) is 9.37 Å². The zero-order valence-corrected chi connectivity index (χ0v) is 15.8. The number of aryl methyl sites for hydroxylation is 1. The van der Waals surface area contributed by atoms with E-state index >= 15 is 0 Å². The number of anilines is 2. The van der Waals surface area contributed by atoms with Crippen molar-refractivity contribution in [2.45, 2.75) is 13.3 Å². The molecule has 0 aliphatic carbocycles. The Kier molecular flexibility index (Phi) is 6.22. The summed E-state index contributed by atoms with van der Waals surface area (Å²) in [5, 5.41) is 5.98. The Morgan fingerprint density at radius 2 is 1.96 bits per heavy atom. The maximum Gasteiger partial charge on any atom is 0.257 e. The van der Waals surface area contributed by atoms with E-state index in [9.17, 15) is 9.18 Å². The summed E-state index contributed by atoms with van der Waals surface area (Å²) < 4.78 is 18.9. The molecule has 0 aliphatic rings. The highest BCUT2D eigenvalue weighted by Crippen LogP contribution is 2.25. The Bertz CT molecular complexity index is 958. The van der Waals surface area contributed by atoms with Gasteiger partial charge >= 0.3 is 0 Å². The van der Waals surface area contributed by atoms with E-state index in [4.69, 9.17) is 4.74 Å². The number of halogens is 1. The van der Waals surface area contributed by atoms with E-state index in [1.807, 2.05) is 31.2 Å².